The van der Waals surface area contributed by atoms with E-state index in [0.717, 1.165) is 31.2 Å². The SMILES string of the molecule is OC1CCC(c2ccc(-c3cocn3)c(-c3c(F)cccc3F)c2)CC1. The third kappa shape index (κ3) is 3.15. The molecule has 0 spiro atoms. The molecule has 1 N–H and O–H groups in total. The third-order valence-corrected chi connectivity index (χ3v) is 5.15. The van der Waals surface area contributed by atoms with Crippen molar-refractivity contribution in [1.29, 1.82) is 0 Å². The van der Waals surface area contributed by atoms with E-state index >= 15 is 0 Å². The first-order chi connectivity index (χ1) is 12.6. The molecule has 2 aromatic carbocycles. The van der Waals surface area contributed by atoms with Gasteiger partial charge in [0.2, 0.25) is 0 Å². The van der Waals surface area contributed by atoms with E-state index in [9.17, 15) is 13.9 Å². The average molecular weight is 355 g/mol. The van der Waals surface area contributed by atoms with Gasteiger partial charge in [-0.25, -0.2) is 13.8 Å². The van der Waals surface area contributed by atoms with Gasteiger partial charge in [0.15, 0.2) is 6.39 Å². The van der Waals surface area contributed by atoms with Gasteiger partial charge in [-0.1, -0.05) is 18.2 Å². The van der Waals surface area contributed by atoms with Gasteiger partial charge in [0, 0.05) is 5.56 Å². The lowest BCUT2D eigenvalue weighted by molar-refractivity contribution is 0.122. The van der Waals surface area contributed by atoms with Gasteiger partial charge in [-0.15, -0.1) is 0 Å². The maximum Gasteiger partial charge on any atom is 0.181 e. The number of aromatic nitrogens is 1. The molecular formula is C21H19F2NO2. The summed E-state index contributed by atoms with van der Waals surface area (Å²) in [6.07, 6.45) is 5.75. The maximum absolute atomic E-state index is 14.5. The fraction of sp³-hybridized carbons (Fsp3) is 0.286. The van der Waals surface area contributed by atoms with Crippen molar-refractivity contribution in [3.8, 4) is 22.4 Å². The second kappa shape index (κ2) is 7.00. The molecule has 26 heavy (non-hydrogen) atoms. The summed E-state index contributed by atoms with van der Waals surface area (Å²) in [5, 5.41) is 9.73. The van der Waals surface area contributed by atoms with E-state index in [4.69, 9.17) is 4.42 Å². The minimum absolute atomic E-state index is 0.0526. The summed E-state index contributed by atoms with van der Waals surface area (Å²) in [6.45, 7) is 0. The lowest BCUT2D eigenvalue weighted by atomic mass is 9.81. The van der Waals surface area contributed by atoms with E-state index in [-0.39, 0.29) is 17.6 Å². The van der Waals surface area contributed by atoms with Crippen LogP contribution in [0, 0.1) is 11.6 Å². The molecule has 1 aliphatic carbocycles. The summed E-state index contributed by atoms with van der Waals surface area (Å²) in [5.74, 6) is -0.935. The molecule has 0 saturated heterocycles. The molecule has 1 aliphatic rings. The van der Waals surface area contributed by atoms with Crippen LogP contribution in [-0.4, -0.2) is 16.2 Å². The minimum Gasteiger partial charge on any atom is -0.451 e. The summed E-state index contributed by atoms with van der Waals surface area (Å²) in [7, 11) is 0. The Bertz CT molecular complexity index is 880. The van der Waals surface area contributed by atoms with Crippen molar-refractivity contribution in [1.82, 2.24) is 4.98 Å². The third-order valence-electron chi connectivity index (χ3n) is 5.15. The summed E-state index contributed by atoms with van der Waals surface area (Å²) in [6, 6.07) is 9.56. The van der Waals surface area contributed by atoms with Crippen molar-refractivity contribution in [3.05, 3.63) is 66.3 Å². The molecule has 134 valence electrons. The van der Waals surface area contributed by atoms with Gasteiger partial charge in [0.1, 0.15) is 23.6 Å². The van der Waals surface area contributed by atoms with Crippen molar-refractivity contribution in [2.24, 2.45) is 0 Å². The Hall–Kier alpha value is -2.53. The Kier molecular flexibility index (Phi) is 4.55. The van der Waals surface area contributed by atoms with Crippen LogP contribution in [0.5, 0.6) is 0 Å². The molecule has 0 aliphatic heterocycles. The number of aliphatic hydroxyl groups is 1. The Morgan fingerprint density at radius 2 is 1.69 bits per heavy atom. The van der Waals surface area contributed by atoms with Crippen molar-refractivity contribution in [3.63, 3.8) is 0 Å². The quantitative estimate of drug-likeness (QED) is 0.693. The molecule has 3 nitrogen and oxygen atoms in total. The van der Waals surface area contributed by atoms with Crippen LogP contribution in [0.25, 0.3) is 22.4 Å². The molecule has 1 heterocycles. The van der Waals surface area contributed by atoms with Crippen LogP contribution in [0.2, 0.25) is 0 Å². The van der Waals surface area contributed by atoms with Crippen molar-refractivity contribution in [2.45, 2.75) is 37.7 Å². The van der Waals surface area contributed by atoms with Crippen LogP contribution >= 0.6 is 0 Å². The van der Waals surface area contributed by atoms with E-state index in [1.807, 2.05) is 18.2 Å². The van der Waals surface area contributed by atoms with Crippen LogP contribution in [0.4, 0.5) is 8.78 Å². The van der Waals surface area contributed by atoms with E-state index in [0.29, 0.717) is 16.8 Å². The van der Waals surface area contributed by atoms with Crippen LogP contribution in [0.1, 0.15) is 37.2 Å². The number of halogens is 2. The first kappa shape index (κ1) is 16.9. The van der Waals surface area contributed by atoms with Crippen LogP contribution < -0.4 is 0 Å². The number of oxazole rings is 1. The molecule has 4 rings (SSSR count). The van der Waals surface area contributed by atoms with Gasteiger partial charge in [-0.3, -0.25) is 0 Å². The van der Waals surface area contributed by atoms with E-state index < -0.39 is 11.6 Å². The number of aliphatic hydroxyl groups excluding tert-OH is 1. The van der Waals surface area contributed by atoms with Gasteiger partial charge < -0.3 is 9.52 Å². The smallest absolute Gasteiger partial charge is 0.181 e. The number of benzene rings is 2. The van der Waals surface area contributed by atoms with Gasteiger partial charge in [-0.2, -0.15) is 0 Å². The molecule has 1 aromatic heterocycles. The predicted molar refractivity (Wildman–Crippen MR) is 94.5 cm³/mol. The summed E-state index contributed by atoms with van der Waals surface area (Å²) in [5.41, 5.74) is 2.61. The molecule has 0 bridgehead atoms. The van der Waals surface area contributed by atoms with Gasteiger partial charge in [-0.05, 0) is 60.9 Å². The largest absolute Gasteiger partial charge is 0.451 e. The number of hydrogen-bond donors (Lipinski definition) is 1. The van der Waals surface area contributed by atoms with Gasteiger partial charge in [0.05, 0.1) is 11.7 Å². The van der Waals surface area contributed by atoms with Crippen LogP contribution in [0.3, 0.4) is 0 Å². The Balaban J connectivity index is 1.84. The fourth-order valence-electron chi connectivity index (χ4n) is 3.76. The summed E-state index contributed by atoms with van der Waals surface area (Å²) in [4.78, 5) is 4.14. The molecule has 5 heteroatoms. The first-order valence-corrected chi connectivity index (χ1v) is 8.78. The van der Waals surface area contributed by atoms with Gasteiger partial charge >= 0.3 is 0 Å². The zero-order valence-electron chi connectivity index (χ0n) is 14.2. The highest BCUT2D eigenvalue weighted by molar-refractivity contribution is 5.82. The van der Waals surface area contributed by atoms with E-state index in [1.54, 1.807) is 0 Å². The zero-order valence-corrected chi connectivity index (χ0v) is 14.2. The summed E-state index contributed by atoms with van der Waals surface area (Å²) < 4.78 is 34.0. The highest BCUT2D eigenvalue weighted by atomic mass is 19.1. The number of hydrogen-bond acceptors (Lipinski definition) is 3. The molecule has 0 atom stereocenters. The molecule has 0 unspecified atom stereocenters. The van der Waals surface area contributed by atoms with E-state index in [2.05, 4.69) is 4.98 Å². The molecular weight excluding hydrogens is 336 g/mol. The second-order valence-corrected chi connectivity index (χ2v) is 6.78. The monoisotopic (exact) mass is 355 g/mol. The fourth-order valence-corrected chi connectivity index (χ4v) is 3.76. The molecule has 0 radical (unpaired) electrons. The Morgan fingerprint density at radius 1 is 0.962 bits per heavy atom. The Morgan fingerprint density at radius 3 is 2.35 bits per heavy atom. The van der Waals surface area contributed by atoms with E-state index in [1.165, 1.54) is 30.9 Å². The predicted octanol–water partition coefficient (Wildman–Crippen LogP) is 5.31. The van der Waals surface area contributed by atoms with Crippen molar-refractivity contribution in [2.75, 3.05) is 0 Å². The standard InChI is InChI=1S/C21H19F2NO2/c22-18-2-1-3-19(23)21(18)17-10-14(13-4-7-15(25)8-5-13)6-9-16(17)20-11-26-12-24-20/h1-3,6,9-13,15,25H,4-5,7-8H2. The second-order valence-electron chi connectivity index (χ2n) is 6.78. The highest BCUT2D eigenvalue weighted by Gasteiger charge is 2.23. The van der Waals surface area contributed by atoms with Crippen molar-refractivity contribution < 1.29 is 18.3 Å². The maximum atomic E-state index is 14.5. The lowest BCUT2D eigenvalue weighted by Gasteiger charge is -2.26. The number of nitrogens with zero attached hydrogens (tertiary/aromatic N) is 1. The molecule has 3 aromatic rings. The Labute approximate surface area is 150 Å². The minimum atomic E-state index is -0.606. The van der Waals surface area contributed by atoms with Crippen LogP contribution in [0.15, 0.2) is 53.5 Å². The average Bonchev–Trinajstić information content (AvgIpc) is 3.17. The zero-order chi connectivity index (χ0) is 18.1. The highest BCUT2D eigenvalue weighted by Crippen LogP contribution is 2.39. The van der Waals surface area contributed by atoms with Crippen molar-refractivity contribution >= 4 is 0 Å². The van der Waals surface area contributed by atoms with Gasteiger partial charge in [0.25, 0.3) is 0 Å². The summed E-state index contributed by atoms with van der Waals surface area (Å²) >= 11 is 0. The molecule has 0 amide bonds. The topological polar surface area (TPSA) is 46.3 Å². The van der Waals surface area contributed by atoms with Crippen LogP contribution in [-0.2, 0) is 0 Å². The lowest BCUT2D eigenvalue weighted by Crippen LogP contribution is -2.17. The number of rotatable bonds is 3. The molecule has 1 fully saturated rings. The first-order valence-electron chi connectivity index (χ1n) is 8.78. The normalized spacial score (nSPS) is 20.3. The molecule has 1 saturated carbocycles.